The Morgan fingerprint density at radius 2 is 2.13 bits per heavy atom. The summed E-state index contributed by atoms with van der Waals surface area (Å²) in [4.78, 5) is 11.9. The van der Waals surface area contributed by atoms with Crippen molar-refractivity contribution in [2.24, 2.45) is 0 Å². The monoisotopic (exact) mass is 210 g/mol. The van der Waals surface area contributed by atoms with E-state index in [1.807, 2.05) is 13.8 Å². The molecule has 6 heteroatoms. The van der Waals surface area contributed by atoms with Crippen LogP contribution < -0.4 is 10.7 Å². The van der Waals surface area contributed by atoms with Crippen molar-refractivity contribution in [3.63, 3.8) is 0 Å². The number of hydrogen-bond acceptors (Lipinski definition) is 5. The van der Waals surface area contributed by atoms with Crippen LogP contribution in [0.3, 0.4) is 0 Å². The van der Waals surface area contributed by atoms with Crippen molar-refractivity contribution >= 4 is 11.8 Å². The zero-order valence-electron chi connectivity index (χ0n) is 9.21. The quantitative estimate of drug-likeness (QED) is 0.660. The van der Waals surface area contributed by atoms with Gasteiger partial charge in [-0.05, 0) is 20.8 Å². The van der Waals surface area contributed by atoms with E-state index in [1.165, 1.54) is 5.01 Å². The molecule has 0 aromatic carbocycles. The maximum absolute atomic E-state index is 11.9. The van der Waals surface area contributed by atoms with Crippen molar-refractivity contribution in [1.29, 1.82) is 0 Å². The molecule has 2 N–H and O–H groups in total. The van der Waals surface area contributed by atoms with Crippen LogP contribution in [0.2, 0.25) is 0 Å². The second-order valence-electron chi connectivity index (χ2n) is 4.20. The summed E-state index contributed by atoms with van der Waals surface area (Å²) < 4.78 is 5.07. The Bertz CT molecular complexity index is 410. The summed E-state index contributed by atoms with van der Waals surface area (Å²) in [6.07, 6.45) is 0. The summed E-state index contributed by atoms with van der Waals surface area (Å²) in [5, 5.41) is 8.29. The number of aromatic nitrogens is 1. The molecule has 82 valence electrons. The number of hydrazine groups is 1. The lowest BCUT2D eigenvalue weighted by molar-refractivity contribution is 0.0662. The van der Waals surface area contributed by atoms with E-state index in [0.717, 1.165) is 0 Å². The van der Waals surface area contributed by atoms with E-state index < -0.39 is 5.66 Å². The molecule has 0 saturated carbocycles. The first-order valence-corrected chi connectivity index (χ1v) is 4.71. The summed E-state index contributed by atoms with van der Waals surface area (Å²) in [7, 11) is 1.67. The molecule has 1 aromatic heterocycles. The molecule has 0 unspecified atom stereocenters. The summed E-state index contributed by atoms with van der Waals surface area (Å²) in [6.45, 7) is 5.56. The van der Waals surface area contributed by atoms with Gasteiger partial charge in [0.25, 0.3) is 5.91 Å². The van der Waals surface area contributed by atoms with Gasteiger partial charge in [-0.1, -0.05) is 5.16 Å². The topological polar surface area (TPSA) is 70.4 Å². The van der Waals surface area contributed by atoms with E-state index in [0.29, 0.717) is 17.1 Å². The van der Waals surface area contributed by atoms with Gasteiger partial charge < -0.3 is 9.84 Å². The van der Waals surface area contributed by atoms with Gasteiger partial charge in [0.05, 0.1) is 5.69 Å². The number of anilines is 1. The fraction of sp³-hybridized carbons (Fsp3) is 0.556. The number of carbonyl (C=O) groups is 1. The molecular weight excluding hydrogens is 196 g/mol. The summed E-state index contributed by atoms with van der Waals surface area (Å²) in [5.41, 5.74) is 3.63. The third-order valence-electron chi connectivity index (χ3n) is 2.25. The number of amides is 1. The maximum atomic E-state index is 11.9. The van der Waals surface area contributed by atoms with Crippen LogP contribution in [0.5, 0.6) is 0 Å². The Balaban J connectivity index is 2.52. The molecule has 1 aliphatic rings. The zero-order valence-corrected chi connectivity index (χ0v) is 9.21. The average Bonchev–Trinajstić information content (AvgIpc) is 2.40. The lowest BCUT2D eigenvalue weighted by Gasteiger charge is -2.29. The molecule has 0 saturated heterocycles. The highest BCUT2D eigenvalue weighted by Gasteiger charge is 2.33. The molecule has 15 heavy (non-hydrogen) atoms. The number of aryl methyl sites for hydroxylation is 1. The maximum Gasteiger partial charge on any atom is 0.275 e. The van der Waals surface area contributed by atoms with Crippen LogP contribution in [-0.2, 0) is 0 Å². The Hall–Kier alpha value is -1.56. The van der Waals surface area contributed by atoms with Crippen LogP contribution >= 0.6 is 0 Å². The van der Waals surface area contributed by atoms with E-state index in [1.54, 1.807) is 14.0 Å². The van der Waals surface area contributed by atoms with Crippen molar-refractivity contribution in [3.8, 4) is 0 Å². The minimum Gasteiger partial charge on any atom is -0.338 e. The number of rotatable bonds is 0. The molecule has 0 radical (unpaired) electrons. The standard InChI is InChI=1S/C9H14N4O2/c1-5-6-7(15-11-5)10-9(2,3)12-13(4)8(6)14/h10,12H,1-4H3. The van der Waals surface area contributed by atoms with Gasteiger partial charge in [0.2, 0.25) is 5.88 Å². The fourth-order valence-electron chi connectivity index (χ4n) is 1.66. The van der Waals surface area contributed by atoms with E-state index in [2.05, 4.69) is 15.9 Å². The molecule has 0 aliphatic carbocycles. The molecule has 0 spiro atoms. The van der Waals surface area contributed by atoms with Gasteiger partial charge in [0.15, 0.2) is 0 Å². The predicted molar refractivity (Wildman–Crippen MR) is 54.2 cm³/mol. The van der Waals surface area contributed by atoms with Crippen LogP contribution in [0, 0.1) is 6.92 Å². The van der Waals surface area contributed by atoms with Gasteiger partial charge in [-0.15, -0.1) is 0 Å². The molecule has 1 amide bonds. The van der Waals surface area contributed by atoms with E-state index in [-0.39, 0.29) is 5.91 Å². The minimum atomic E-state index is -0.457. The highest BCUT2D eigenvalue weighted by molar-refractivity contribution is 5.99. The molecule has 1 aromatic rings. The first kappa shape index (κ1) is 9.97. The highest BCUT2D eigenvalue weighted by atomic mass is 16.5. The molecule has 0 atom stereocenters. The number of nitrogens with one attached hydrogen (secondary N) is 2. The number of carbonyl (C=O) groups excluding carboxylic acids is 1. The van der Waals surface area contributed by atoms with Crippen LogP contribution in [-0.4, -0.2) is 28.8 Å². The molecule has 1 aliphatic heterocycles. The van der Waals surface area contributed by atoms with Crippen molar-refractivity contribution in [2.45, 2.75) is 26.4 Å². The van der Waals surface area contributed by atoms with Crippen LogP contribution in [0.25, 0.3) is 0 Å². The summed E-state index contributed by atoms with van der Waals surface area (Å²) in [5.74, 6) is 0.265. The normalized spacial score (nSPS) is 19.5. The Labute approximate surface area is 87.6 Å². The van der Waals surface area contributed by atoms with Crippen molar-refractivity contribution in [2.75, 3.05) is 12.4 Å². The average molecular weight is 210 g/mol. The van der Waals surface area contributed by atoms with Crippen molar-refractivity contribution < 1.29 is 9.32 Å². The largest absolute Gasteiger partial charge is 0.338 e. The van der Waals surface area contributed by atoms with Gasteiger partial charge in [0.1, 0.15) is 11.2 Å². The van der Waals surface area contributed by atoms with Crippen LogP contribution in [0.1, 0.15) is 29.9 Å². The van der Waals surface area contributed by atoms with E-state index in [9.17, 15) is 4.79 Å². The van der Waals surface area contributed by atoms with E-state index in [4.69, 9.17) is 4.52 Å². The van der Waals surface area contributed by atoms with Crippen LogP contribution in [0.4, 0.5) is 5.88 Å². The Morgan fingerprint density at radius 3 is 2.80 bits per heavy atom. The lowest BCUT2D eigenvalue weighted by atomic mass is 10.2. The summed E-state index contributed by atoms with van der Waals surface area (Å²) in [6, 6.07) is 0. The zero-order chi connectivity index (χ0) is 11.2. The highest BCUT2D eigenvalue weighted by Crippen LogP contribution is 2.25. The fourth-order valence-corrected chi connectivity index (χ4v) is 1.66. The second kappa shape index (κ2) is 2.96. The molecule has 2 rings (SSSR count). The predicted octanol–water partition coefficient (Wildman–Crippen LogP) is 0.721. The van der Waals surface area contributed by atoms with Gasteiger partial charge >= 0.3 is 0 Å². The number of fused-ring (bicyclic) bond motifs is 1. The van der Waals surface area contributed by atoms with Crippen LogP contribution in [0.15, 0.2) is 4.52 Å². The first-order valence-electron chi connectivity index (χ1n) is 4.71. The number of hydrogen-bond donors (Lipinski definition) is 2. The third-order valence-corrected chi connectivity index (χ3v) is 2.25. The summed E-state index contributed by atoms with van der Waals surface area (Å²) >= 11 is 0. The van der Waals surface area contributed by atoms with Gasteiger partial charge in [0, 0.05) is 7.05 Å². The van der Waals surface area contributed by atoms with Gasteiger partial charge in [-0.3, -0.25) is 9.80 Å². The minimum absolute atomic E-state index is 0.151. The van der Waals surface area contributed by atoms with Gasteiger partial charge in [-0.2, -0.15) is 0 Å². The smallest absolute Gasteiger partial charge is 0.275 e. The molecule has 0 fully saturated rings. The Morgan fingerprint density at radius 1 is 1.47 bits per heavy atom. The Kier molecular flexibility index (Phi) is 1.97. The van der Waals surface area contributed by atoms with E-state index >= 15 is 0 Å². The van der Waals surface area contributed by atoms with Crippen molar-refractivity contribution in [3.05, 3.63) is 11.3 Å². The number of nitrogens with zero attached hydrogens (tertiary/aromatic N) is 2. The third kappa shape index (κ3) is 1.56. The van der Waals surface area contributed by atoms with Gasteiger partial charge in [-0.25, -0.2) is 5.43 Å². The molecule has 2 heterocycles. The second-order valence-corrected chi connectivity index (χ2v) is 4.20. The molecule has 6 nitrogen and oxygen atoms in total. The van der Waals surface area contributed by atoms with Crippen molar-refractivity contribution in [1.82, 2.24) is 15.6 Å². The SMILES string of the molecule is Cc1noc2c1C(=O)N(C)NC(C)(C)N2. The molecule has 0 bridgehead atoms. The molecular formula is C9H14N4O2. The first-order chi connectivity index (χ1) is 6.91. The lowest BCUT2D eigenvalue weighted by Crippen LogP contribution is -2.53.